The summed E-state index contributed by atoms with van der Waals surface area (Å²) in [6, 6.07) is 18.5. The lowest BCUT2D eigenvalue weighted by Crippen LogP contribution is -2.52. The number of methoxy groups -OCH3 is 1. The number of fused-ring (bicyclic) bond motifs is 1. The van der Waals surface area contributed by atoms with Gasteiger partial charge in [-0.25, -0.2) is 9.80 Å². The van der Waals surface area contributed by atoms with E-state index in [0.29, 0.717) is 18.6 Å². The molecule has 41 heavy (non-hydrogen) atoms. The SMILES string of the molecule is COc1cccc(C(=O)Oc2ccc(C(=O)CN(C(=O)c3ccccc3Cl)N3C(=O)[C@H]4CC=CC[C@@H]4C3=O)cc2)c1. The number of carbonyl (C=O) groups excluding carboxylic acids is 5. The van der Waals surface area contributed by atoms with Crippen molar-refractivity contribution in [2.75, 3.05) is 13.7 Å². The number of allylic oxidation sites excluding steroid dienone is 2. The van der Waals surface area contributed by atoms with Crippen LogP contribution in [0.3, 0.4) is 0 Å². The van der Waals surface area contributed by atoms with Crippen molar-refractivity contribution in [2.24, 2.45) is 11.8 Å². The maximum absolute atomic E-state index is 13.6. The van der Waals surface area contributed by atoms with E-state index < -0.39 is 47.9 Å². The van der Waals surface area contributed by atoms with Crippen LogP contribution in [0.4, 0.5) is 0 Å². The molecule has 1 fully saturated rings. The quantitative estimate of drug-likeness (QED) is 0.126. The molecule has 0 bridgehead atoms. The fraction of sp³-hybridized carbons (Fsp3) is 0.194. The molecule has 2 aliphatic rings. The maximum Gasteiger partial charge on any atom is 0.343 e. The standard InChI is InChI=1S/C31H25ClN2O7/c1-40-22-8-6-7-20(17-22)31(39)41-21-15-13-19(14-16-21)27(35)18-33(28(36)25-11-4-5-12-26(25)32)34-29(37)23-9-2-3-10-24(23)30(34)38/h2-8,11-17,23-24H,9-10,18H2,1H3/t23-,24-/m0/s1. The third-order valence-corrected chi connectivity index (χ3v) is 7.38. The summed E-state index contributed by atoms with van der Waals surface area (Å²) in [5, 5.41) is 1.80. The van der Waals surface area contributed by atoms with E-state index >= 15 is 0 Å². The van der Waals surface area contributed by atoms with E-state index in [9.17, 15) is 24.0 Å². The number of hydrogen-bond donors (Lipinski definition) is 0. The van der Waals surface area contributed by atoms with Crippen LogP contribution in [-0.2, 0) is 9.59 Å². The summed E-state index contributed by atoms with van der Waals surface area (Å²) >= 11 is 6.26. The molecular formula is C31H25ClN2O7. The first-order chi connectivity index (χ1) is 19.8. The Balaban J connectivity index is 1.37. The molecule has 1 aliphatic carbocycles. The van der Waals surface area contributed by atoms with Crippen molar-refractivity contribution in [2.45, 2.75) is 12.8 Å². The monoisotopic (exact) mass is 572 g/mol. The highest BCUT2D eigenvalue weighted by atomic mass is 35.5. The van der Waals surface area contributed by atoms with Gasteiger partial charge in [0.25, 0.3) is 17.7 Å². The molecule has 0 aromatic heterocycles. The zero-order chi connectivity index (χ0) is 29.1. The van der Waals surface area contributed by atoms with Gasteiger partial charge in [0.05, 0.1) is 35.1 Å². The second kappa shape index (κ2) is 11.8. The number of nitrogens with zero attached hydrogens (tertiary/aromatic N) is 2. The predicted molar refractivity (Wildman–Crippen MR) is 148 cm³/mol. The number of hydrazine groups is 1. The van der Waals surface area contributed by atoms with Crippen LogP contribution in [0.15, 0.2) is 84.9 Å². The van der Waals surface area contributed by atoms with Crippen molar-refractivity contribution >= 4 is 41.1 Å². The average molecular weight is 573 g/mol. The zero-order valence-electron chi connectivity index (χ0n) is 22.0. The number of esters is 1. The van der Waals surface area contributed by atoms with Gasteiger partial charge in [-0.1, -0.05) is 42.0 Å². The number of ketones is 1. The molecule has 1 heterocycles. The summed E-state index contributed by atoms with van der Waals surface area (Å²) < 4.78 is 10.5. The fourth-order valence-corrected chi connectivity index (χ4v) is 5.10. The maximum atomic E-state index is 13.6. The Labute approximate surface area is 240 Å². The Kier molecular flexibility index (Phi) is 7.98. The van der Waals surface area contributed by atoms with Crippen LogP contribution in [0.5, 0.6) is 11.5 Å². The molecule has 0 saturated carbocycles. The van der Waals surface area contributed by atoms with E-state index in [2.05, 4.69) is 0 Å². The first-order valence-electron chi connectivity index (χ1n) is 12.9. The van der Waals surface area contributed by atoms with Gasteiger partial charge in [-0.15, -0.1) is 0 Å². The van der Waals surface area contributed by atoms with Crippen LogP contribution in [-0.4, -0.2) is 53.1 Å². The minimum absolute atomic E-state index is 0.0513. The second-order valence-electron chi connectivity index (χ2n) is 9.56. The Hall–Kier alpha value is -4.76. The minimum Gasteiger partial charge on any atom is -0.497 e. The highest BCUT2D eigenvalue weighted by molar-refractivity contribution is 6.34. The molecule has 208 valence electrons. The van der Waals surface area contributed by atoms with Crippen molar-refractivity contribution in [1.82, 2.24) is 10.0 Å². The summed E-state index contributed by atoms with van der Waals surface area (Å²) in [6.45, 7) is -0.586. The van der Waals surface area contributed by atoms with Crippen molar-refractivity contribution < 1.29 is 33.4 Å². The number of ether oxygens (including phenoxy) is 2. The van der Waals surface area contributed by atoms with E-state index in [1.165, 1.54) is 49.6 Å². The Morgan fingerprint density at radius 2 is 1.51 bits per heavy atom. The van der Waals surface area contributed by atoms with Gasteiger partial charge < -0.3 is 9.47 Å². The molecule has 0 N–H and O–H groups in total. The molecule has 1 aliphatic heterocycles. The van der Waals surface area contributed by atoms with E-state index in [4.69, 9.17) is 21.1 Å². The minimum atomic E-state index is -0.749. The number of rotatable bonds is 8. The summed E-state index contributed by atoms with van der Waals surface area (Å²) in [5.74, 6) is -3.45. The van der Waals surface area contributed by atoms with Gasteiger partial charge in [-0.05, 0) is 67.4 Å². The second-order valence-corrected chi connectivity index (χ2v) is 9.96. The molecular weight excluding hydrogens is 548 g/mol. The van der Waals surface area contributed by atoms with E-state index in [1.807, 2.05) is 12.2 Å². The highest BCUT2D eigenvalue weighted by Gasteiger charge is 2.51. The van der Waals surface area contributed by atoms with Gasteiger partial charge >= 0.3 is 5.97 Å². The number of halogens is 1. The van der Waals surface area contributed by atoms with Crippen molar-refractivity contribution in [3.8, 4) is 11.5 Å². The van der Waals surface area contributed by atoms with E-state index in [1.54, 1.807) is 30.3 Å². The Bertz CT molecular complexity index is 1540. The lowest BCUT2D eigenvalue weighted by molar-refractivity contribution is -0.154. The van der Waals surface area contributed by atoms with Crippen LogP contribution in [0.2, 0.25) is 5.02 Å². The summed E-state index contributed by atoms with van der Waals surface area (Å²) in [4.78, 5) is 66.2. The number of benzene rings is 3. The fourth-order valence-electron chi connectivity index (χ4n) is 4.88. The van der Waals surface area contributed by atoms with Crippen molar-refractivity contribution in [1.29, 1.82) is 0 Å². The largest absolute Gasteiger partial charge is 0.497 e. The van der Waals surface area contributed by atoms with Crippen LogP contribution in [0.25, 0.3) is 0 Å². The van der Waals surface area contributed by atoms with E-state index in [0.717, 1.165) is 10.0 Å². The molecule has 9 nitrogen and oxygen atoms in total. The molecule has 10 heteroatoms. The summed E-state index contributed by atoms with van der Waals surface area (Å²) in [5.41, 5.74) is 0.519. The van der Waals surface area contributed by atoms with Crippen LogP contribution < -0.4 is 9.47 Å². The summed E-state index contributed by atoms with van der Waals surface area (Å²) in [7, 11) is 1.49. The smallest absolute Gasteiger partial charge is 0.343 e. The molecule has 3 aromatic carbocycles. The average Bonchev–Trinajstić information content (AvgIpc) is 3.25. The van der Waals surface area contributed by atoms with Crippen molar-refractivity contribution in [3.63, 3.8) is 0 Å². The van der Waals surface area contributed by atoms with Gasteiger partial charge in [-0.2, -0.15) is 5.01 Å². The number of amides is 3. The van der Waals surface area contributed by atoms with Crippen LogP contribution >= 0.6 is 11.6 Å². The Morgan fingerprint density at radius 3 is 2.15 bits per heavy atom. The molecule has 1 saturated heterocycles. The molecule has 3 aromatic rings. The lowest BCUT2D eigenvalue weighted by atomic mass is 9.85. The third-order valence-electron chi connectivity index (χ3n) is 7.05. The molecule has 0 spiro atoms. The first kappa shape index (κ1) is 27.8. The molecule has 2 atom stereocenters. The van der Waals surface area contributed by atoms with Crippen LogP contribution in [0, 0.1) is 11.8 Å². The van der Waals surface area contributed by atoms with Crippen LogP contribution in [0.1, 0.15) is 43.9 Å². The number of imide groups is 1. The molecule has 0 unspecified atom stereocenters. The number of carbonyl (C=O) groups is 5. The Morgan fingerprint density at radius 1 is 0.854 bits per heavy atom. The number of Topliss-reactive ketones (excluding diaryl/α,β-unsaturated/α-hetero) is 1. The van der Waals surface area contributed by atoms with Gasteiger partial charge in [0.2, 0.25) is 0 Å². The predicted octanol–water partition coefficient (Wildman–Crippen LogP) is 4.76. The molecule has 0 radical (unpaired) electrons. The first-order valence-corrected chi connectivity index (χ1v) is 13.2. The van der Waals surface area contributed by atoms with Gasteiger partial charge in [0, 0.05) is 5.56 Å². The molecule has 3 amide bonds. The normalized spacial score (nSPS) is 17.7. The lowest BCUT2D eigenvalue weighted by Gasteiger charge is -2.30. The van der Waals surface area contributed by atoms with Crippen molar-refractivity contribution in [3.05, 3.63) is 107 Å². The number of hydrogen-bond acceptors (Lipinski definition) is 7. The van der Waals surface area contributed by atoms with E-state index in [-0.39, 0.29) is 27.5 Å². The summed E-state index contributed by atoms with van der Waals surface area (Å²) in [6.07, 6.45) is 4.43. The van der Waals surface area contributed by atoms with Gasteiger partial charge in [0.1, 0.15) is 18.0 Å². The van der Waals surface area contributed by atoms with Gasteiger partial charge in [0.15, 0.2) is 5.78 Å². The highest BCUT2D eigenvalue weighted by Crippen LogP contribution is 2.36. The molecule has 5 rings (SSSR count). The zero-order valence-corrected chi connectivity index (χ0v) is 22.7. The topological polar surface area (TPSA) is 110 Å². The van der Waals surface area contributed by atoms with Gasteiger partial charge in [-0.3, -0.25) is 19.2 Å². The third kappa shape index (κ3) is 5.62.